The van der Waals surface area contributed by atoms with E-state index >= 15 is 0 Å². The van der Waals surface area contributed by atoms with Gasteiger partial charge in [0.25, 0.3) is 0 Å². The molecule has 0 radical (unpaired) electrons. The minimum atomic E-state index is -1.04. The second-order valence-corrected chi connectivity index (χ2v) is 4.64. The van der Waals surface area contributed by atoms with Gasteiger partial charge in [0.05, 0.1) is 13.2 Å². The van der Waals surface area contributed by atoms with Gasteiger partial charge in [-0.15, -0.1) is 11.6 Å². The van der Waals surface area contributed by atoms with E-state index in [1.807, 2.05) is 12.1 Å². The molecule has 2 nitrogen and oxygen atoms in total. The summed E-state index contributed by atoms with van der Waals surface area (Å²) in [6.45, 7) is 0.940. The van der Waals surface area contributed by atoms with Crippen LogP contribution < -0.4 is 18.9 Å². The Kier molecular flexibility index (Phi) is 4.90. The van der Waals surface area contributed by atoms with E-state index in [0.717, 1.165) is 5.56 Å². The Hall–Kier alpha value is -0.823. The Bertz CT molecular complexity index is 583. The summed E-state index contributed by atoms with van der Waals surface area (Å²) in [6.07, 6.45) is 0. The topological polar surface area (TPSA) is 18.5 Å². The van der Waals surface area contributed by atoms with Gasteiger partial charge in [0.15, 0.2) is 5.79 Å². The molecule has 0 aliphatic carbocycles. The molecule has 1 saturated heterocycles. The van der Waals surface area contributed by atoms with Gasteiger partial charge in [-0.2, -0.15) is 24.3 Å². The summed E-state index contributed by atoms with van der Waals surface area (Å²) in [7, 11) is 0. The maximum atomic E-state index is 13.1. The van der Waals surface area contributed by atoms with E-state index in [-0.39, 0.29) is 24.7 Å². The Balaban J connectivity index is 0.00000147. The number of rotatable bonds is 2. The van der Waals surface area contributed by atoms with E-state index in [9.17, 15) is 4.39 Å². The summed E-state index contributed by atoms with van der Waals surface area (Å²) in [5.74, 6) is -1.34. The van der Waals surface area contributed by atoms with Crippen molar-refractivity contribution in [2.45, 2.75) is 5.79 Å². The number of halogens is 2. The molecule has 0 atom stereocenters. The first kappa shape index (κ1) is 15.6. The molecule has 1 heterocycles. The first-order valence-electron chi connectivity index (χ1n) is 5.93. The molecule has 0 N–H and O–H groups in total. The molecule has 0 aromatic heterocycles. The fourth-order valence-electron chi connectivity index (χ4n) is 2.19. The van der Waals surface area contributed by atoms with Crippen LogP contribution in [-0.2, 0) is 15.3 Å². The third-order valence-corrected chi connectivity index (χ3v) is 3.25. The Morgan fingerprint density at radius 1 is 1.05 bits per heavy atom. The molecule has 2 aromatic carbocycles. The molecule has 98 valence electrons. The molecule has 20 heavy (non-hydrogen) atoms. The Morgan fingerprint density at radius 3 is 2.30 bits per heavy atom. The summed E-state index contributed by atoms with van der Waals surface area (Å²) >= 11 is 5.97. The van der Waals surface area contributed by atoms with Crippen molar-refractivity contribution in [3.8, 4) is 0 Å². The second-order valence-electron chi connectivity index (χ2n) is 4.23. The van der Waals surface area contributed by atoms with Gasteiger partial charge in [0.1, 0.15) is 5.82 Å². The van der Waals surface area contributed by atoms with Crippen molar-refractivity contribution >= 4 is 11.6 Å². The maximum absolute atomic E-state index is 13.1. The van der Waals surface area contributed by atoms with Crippen LogP contribution in [0.4, 0.5) is 4.39 Å². The first-order valence-corrected chi connectivity index (χ1v) is 6.31. The molecule has 3 rings (SSSR count). The van der Waals surface area contributed by atoms with Gasteiger partial charge in [-0.1, -0.05) is 22.7 Å². The van der Waals surface area contributed by atoms with Gasteiger partial charge in [0.2, 0.25) is 0 Å². The number of ether oxygens (including phenoxy) is 2. The van der Waals surface area contributed by atoms with Crippen molar-refractivity contribution in [1.29, 1.82) is 0 Å². The molecule has 5 heteroatoms. The van der Waals surface area contributed by atoms with Gasteiger partial charge in [-0.25, -0.2) is 4.39 Å². The van der Waals surface area contributed by atoms with Crippen LogP contribution in [0.25, 0.3) is 0 Å². The van der Waals surface area contributed by atoms with Crippen molar-refractivity contribution in [2.75, 3.05) is 13.2 Å². The van der Waals surface area contributed by atoms with E-state index in [1.165, 1.54) is 12.1 Å². The Labute approximate surface area is 134 Å². The van der Waals surface area contributed by atoms with Crippen LogP contribution in [0.15, 0.2) is 42.5 Å². The quantitative estimate of drug-likeness (QED) is 0.592. The monoisotopic (exact) mass is 284 g/mol. The van der Waals surface area contributed by atoms with Crippen LogP contribution in [0, 0.1) is 11.9 Å². The van der Waals surface area contributed by atoms with E-state index in [2.05, 4.69) is 6.07 Å². The van der Waals surface area contributed by atoms with Crippen LogP contribution in [0.3, 0.4) is 0 Å². The average molecular weight is 285 g/mol. The smallest absolute Gasteiger partial charge is 0.341 e. The van der Waals surface area contributed by atoms with Gasteiger partial charge in [-0.05, 0) is 12.1 Å². The van der Waals surface area contributed by atoms with E-state index in [1.54, 1.807) is 18.2 Å². The molecule has 0 unspecified atom stereocenters. The van der Waals surface area contributed by atoms with Crippen LogP contribution in [0.2, 0.25) is 5.02 Å². The maximum Gasteiger partial charge on any atom is 1.00 e. The Morgan fingerprint density at radius 2 is 1.70 bits per heavy atom. The van der Waals surface area contributed by atoms with Crippen LogP contribution in [-0.4, -0.2) is 13.2 Å². The van der Waals surface area contributed by atoms with Gasteiger partial charge >= 0.3 is 18.9 Å². The van der Waals surface area contributed by atoms with Crippen molar-refractivity contribution < 1.29 is 32.7 Å². The van der Waals surface area contributed by atoms with Crippen molar-refractivity contribution in [2.24, 2.45) is 0 Å². The van der Waals surface area contributed by atoms with E-state index < -0.39 is 5.79 Å². The van der Waals surface area contributed by atoms with Gasteiger partial charge < -0.3 is 9.47 Å². The third kappa shape index (κ3) is 2.78. The number of hydrogen-bond acceptors (Lipinski definition) is 2. The zero-order chi connectivity index (χ0) is 13.3. The van der Waals surface area contributed by atoms with E-state index in [0.29, 0.717) is 23.8 Å². The molecule has 2 aromatic rings. The fraction of sp³-hybridized carbons (Fsp3) is 0.200. The molecule has 1 fully saturated rings. The van der Waals surface area contributed by atoms with Crippen molar-refractivity contribution in [3.63, 3.8) is 0 Å². The zero-order valence-corrected chi connectivity index (χ0v) is 11.8. The minimum Gasteiger partial charge on any atom is -0.341 e. The van der Waals surface area contributed by atoms with E-state index in [4.69, 9.17) is 21.1 Å². The molecule has 0 spiro atoms. The normalized spacial score (nSPS) is 16.7. The standard InChI is InChI=1S/C15H11ClFO2.Li/c16-13-3-1-2-12(10-13)15(18-8-9-19-15)11-4-6-14(17)7-5-11;/h1-7H,8-9H2;/q-1;+1. The molecule has 1 aliphatic rings. The third-order valence-electron chi connectivity index (χ3n) is 3.03. The zero-order valence-electron chi connectivity index (χ0n) is 11.0. The SMILES string of the molecule is Fc1ccc(C2(c3[c-]c(Cl)ccc3)OCCO2)cc1.[Li+]. The second kappa shape index (κ2) is 6.30. The first-order chi connectivity index (χ1) is 9.21. The molecular weight excluding hydrogens is 274 g/mol. The van der Waals surface area contributed by atoms with Gasteiger partial charge in [0, 0.05) is 5.56 Å². The summed E-state index contributed by atoms with van der Waals surface area (Å²) < 4.78 is 24.6. The molecule has 0 bridgehead atoms. The summed E-state index contributed by atoms with van der Waals surface area (Å²) in [5.41, 5.74) is 1.41. The summed E-state index contributed by atoms with van der Waals surface area (Å²) in [5, 5.41) is 0.484. The predicted molar refractivity (Wildman–Crippen MR) is 69.4 cm³/mol. The van der Waals surface area contributed by atoms with Crippen molar-refractivity contribution in [1.82, 2.24) is 0 Å². The van der Waals surface area contributed by atoms with Gasteiger partial charge in [-0.3, -0.25) is 0 Å². The van der Waals surface area contributed by atoms with Crippen molar-refractivity contribution in [3.05, 3.63) is 70.5 Å². The predicted octanol–water partition coefficient (Wildman–Crippen LogP) is 0.531. The molecule has 0 amide bonds. The number of benzene rings is 2. The number of hydrogen-bond donors (Lipinski definition) is 0. The average Bonchev–Trinajstić information content (AvgIpc) is 2.90. The summed E-state index contributed by atoms with van der Waals surface area (Å²) in [4.78, 5) is 0. The molecule has 0 saturated carbocycles. The summed E-state index contributed by atoms with van der Waals surface area (Å²) in [6, 6.07) is 14.5. The van der Waals surface area contributed by atoms with Crippen LogP contribution >= 0.6 is 11.6 Å². The molecule has 1 aliphatic heterocycles. The fourth-order valence-corrected chi connectivity index (χ4v) is 2.37. The van der Waals surface area contributed by atoms with Crippen LogP contribution in [0.5, 0.6) is 0 Å². The largest absolute Gasteiger partial charge is 1.00 e. The minimum absolute atomic E-state index is 0. The van der Waals surface area contributed by atoms with Crippen LogP contribution in [0.1, 0.15) is 11.1 Å². The molecular formula is C15H11ClFLiO2.